The van der Waals surface area contributed by atoms with E-state index in [9.17, 15) is 4.79 Å². The predicted octanol–water partition coefficient (Wildman–Crippen LogP) is 1.40. The lowest BCUT2D eigenvalue weighted by atomic mass is 10.3. The summed E-state index contributed by atoms with van der Waals surface area (Å²) in [4.78, 5) is 11.3. The van der Waals surface area contributed by atoms with Crippen molar-refractivity contribution in [3.05, 3.63) is 0 Å². The molecule has 1 saturated carbocycles. The zero-order chi connectivity index (χ0) is 10.4. The Morgan fingerprint density at radius 3 is 2.86 bits per heavy atom. The number of ether oxygens (including phenoxy) is 1. The second-order valence-corrected chi connectivity index (χ2v) is 4.14. The number of alkyl halides is 1. The van der Waals surface area contributed by atoms with Crippen molar-refractivity contribution in [2.45, 2.75) is 19.8 Å². The molecule has 0 aromatic carbocycles. The van der Waals surface area contributed by atoms with E-state index in [1.54, 1.807) is 0 Å². The number of carbonyl (C=O) groups is 1. The second kappa shape index (κ2) is 6.25. The van der Waals surface area contributed by atoms with E-state index in [4.69, 9.17) is 16.3 Å². The summed E-state index contributed by atoms with van der Waals surface area (Å²) in [5.74, 6) is 1.60. The number of rotatable bonds is 7. The molecule has 0 aromatic rings. The van der Waals surface area contributed by atoms with E-state index in [0.717, 1.165) is 12.8 Å². The van der Waals surface area contributed by atoms with Gasteiger partial charge < -0.3 is 10.1 Å². The third-order valence-electron chi connectivity index (χ3n) is 2.43. The maximum Gasteiger partial charge on any atom is 0.223 e. The number of hydrogen-bond acceptors (Lipinski definition) is 2. The van der Waals surface area contributed by atoms with Crippen LogP contribution in [0.5, 0.6) is 0 Å². The first-order valence-corrected chi connectivity index (χ1v) is 5.70. The van der Waals surface area contributed by atoms with Crippen LogP contribution in [0, 0.1) is 11.8 Å². The SMILES string of the molecule is CC1CC1C(=O)NCCCOCCCl. The topological polar surface area (TPSA) is 38.3 Å². The van der Waals surface area contributed by atoms with Crippen molar-refractivity contribution >= 4 is 17.5 Å². The quantitative estimate of drug-likeness (QED) is 0.519. The first kappa shape index (κ1) is 11.8. The fraction of sp³-hybridized carbons (Fsp3) is 0.900. The van der Waals surface area contributed by atoms with E-state index in [1.807, 2.05) is 0 Å². The van der Waals surface area contributed by atoms with Crippen LogP contribution in [0.15, 0.2) is 0 Å². The van der Waals surface area contributed by atoms with Crippen molar-refractivity contribution in [2.24, 2.45) is 11.8 Å². The average molecular weight is 220 g/mol. The summed E-state index contributed by atoms with van der Waals surface area (Å²) >= 11 is 5.44. The lowest BCUT2D eigenvalue weighted by molar-refractivity contribution is -0.122. The summed E-state index contributed by atoms with van der Waals surface area (Å²) in [6.45, 7) is 4.08. The molecule has 3 nitrogen and oxygen atoms in total. The minimum absolute atomic E-state index is 0.204. The summed E-state index contributed by atoms with van der Waals surface area (Å²) in [5, 5.41) is 2.90. The van der Waals surface area contributed by atoms with Crippen LogP contribution in [0.25, 0.3) is 0 Å². The fourth-order valence-electron chi connectivity index (χ4n) is 1.36. The molecule has 1 N–H and O–H groups in total. The molecule has 82 valence electrons. The van der Waals surface area contributed by atoms with Crippen molar-refractivity contribution in [2.75, 3.05) is 25.6 Å². The Morgan fingerprint density at radius 1 is 1.57 bits per heavy atom. The number of amides is 1. The zero-order valence-electron chi connectivity index (χ0n) is 8.59. The monoisotopic (exact) mass is 219 g/mol. The van der Waals surface area contributed by atoms with E-state index < -0.39 is 0 Å². The van der Waals surface area contributed by atoms with Gasteiger partial charge in [0.1, 0.15) is 0 Å². The van der Waals surface area contributed by atoms with Gasteiger partial charge in [0.25, 0.3) is 0 Å². The summed E-state index contributed by atoms with van der Waals surface area (Å²) in [6.07, 6.45) is 1.91. The predicted molar refractivity (Wildman–Crippen MR) is 56.4 cm³/mol. The van der Waals surface area contributed by atoms with E-state index in [2.05, 4.69) is 12.2 Å². The van der Waals surface area contributed by atoms with Gasteiger partial charge in [-0.1, -0.05) is 6.92 Å². The van der Waals surface area contributed by atoms with E-state index in [0.29, 0.717) is 31.6 Å². The highest BCUT2D eigenvalue weighted by molar-refractivity contribution is 6.17. The molecule has 1 aliphatic carbocycles. The maximum absolute atomic E-state index is 11.3. The van der Waals surface area contributed by atoms with Gasteiger partial charge >= 0.3 is 0 Å². The molecule has 0 radical (unpaired) electrons. The van der Waals surface area contributed by atoms with Crippen LogP contribution in [0.4, 0.5) is 0 Å². The average Bonchev–Trinajstić information content (AvgIpc) is 2.88. The van der Waals surface area contributed by atoms with Crippen LogP contribution in [0.2, 0.25) is 0 Å². The van der Waals surface area contributed by atoms with Gasteiger partial charge in [0.05, 0.1) is 6.61 Å². The van der Waals surface area contributed by atoms with Crippen molar-refractivity contribution in [3.8, 4) is 0 Å². The Hall–Kier alpha value is -0.280. The highest BCUT2D eigenvalue weighted by atomic mass is 35.5. The Bertz CT molecular complexity index is 187. The molecule has 2 atom stereocenters. The number of hydrogen-bond donors (Lipinski definition) is 1. The summed E-state index contributed by atoms with van der Waals surface area (Å²) in [5.41, 5.74) is 0. The van der Waals surface area contributed by atoms with Gasteiger partial charge in [0, 0.05) is 24.9 Å². The Morgan fingerprint density at radius 2 is 2.29 bits per heavy atom. The van der Waals surface area contributed by atoms with Crippen LogP contribution in [0.3, 0.4) is 0 Å². The molecule has 1 rings (SSSR count). The molecule has 0 heterocycles. The van der Waals surface area contributed by atoms with E-state index in [1.165, 1.54) is 0 Å². The van der Waals surface area contributed by atoms with Gasteiger partial charge in [-0.25, -0.2) is 0 Å². The van der Waals surface area contributed by atoms with Gasteiger partial charge in [0.2, 0.25) is 5.91 Å². The maximum atomic E-state index is 11.3. The summed E-state index contributed by atoms with van der Waals surface area (Å²) in [6, 6.07) is 0. The van der Waals surface area contributed by atoms with Crippen LogP contribution in [-0.2, 0) is 9.53 Å². The van der Waals surface area contributed by atoms with Gasteiger partial charge in [-0.3, -0.25) is 4.79 Å². The largest absolute Gasteiger partial charge is 0.380 e. The van der Waals surface area contributed by atoms with Gasteiger partial charge in [-0.05, 0) is 18.8 Å². The molecule has 1 aliphatic rings. The molecule has 0 aromatic heterocycles. The smallest absolute Gasteiger partial charge is 0.223 e. The van der Waals surface area contributed by atoms with Crippen LogP contribution in [-0.4, -0.2) is 31.5 Å². The first-order valence-electron chi connectivity index (χ1n) is 5.17. The molecule has 4 heteroatoms. The third kappa shape index (κ3) is 4.29. The Balaban J connectivity index is 1.86. The molecular weight excluding hydrogens is 202 g/mol. The van der Waals surface area contributed by atoms with Crippen LogP contribution in [0.1, 0.15) is 19.8 Å². The normalized spacial score (nSPS) is 24.7. The lowest BCUT2D eigenvalue weighted by Gasteiger charge is -2.04. The second-order valence-electron chi connectivity index (χ2n) is 3.77. The summed E-state index contributed by atoms with van der Waals surface area (Å²) < 4.78 is 5.18. The number of carbonyl (C=O) groups excluding carboxylic acids is 1. The van der Waals surface area contributed by atoms with E-state index >= 15 is 0 Å². The molecular formula is C10H18ClNO2. The van der Waals surface area contributed by atoms with Gasteiger partial charge in [0.15, 0.2) is 0 Å². The van der Waals surface area contributed by atoms with E-state index in [-0.39, 0.29) is 11.8 Å². The Kier molecular flexibility index (Phi) is 5.26. The van der Waals surface area contributed by atoms with Crippen molar-refractivity contribution < 1.29 is 9.53 Å². The molecule has 0 aliphatic heterocycles. The molecule has 0 bridgehead atoms. The molecule has 0 saturated heterocycles. The molecule has 0 spiro atoms. The minimum atomic E-state index is 0.204. The van der Waals surface area contributed by atoms with Crippen LogP contribution >= 0.6 is 11.6 Å². The van der Waals surface area contributed by atoms with Crippen LogP contribution < -0.4 is 5.32 Å². The van der Waals surface area contributed by atoms with Gasteiger partial charge in [-0.2, -0.15) is 0 Å². The summed E-state index contributed by atoms with van der Waals surface area (Å²) in [7, 11) is 0. The van der Waals surface area contributed by atoms with Crippen molar-refractivity contribution in [1.82, 2.24) is 5.32 Å². The van der Waals surface area contributed by atoms with Crippen molar-refractivity contribution in [1.29, 1.82) is 0 Å². The van der Waals surface area contributed by atoms with Gasteiger partial charge in [-0.15, -0.1) is 11.6 Å². The molecule has 14 heavy (non-hydrogen) atoms. The fourth-order valence-corrected chi connectivity index (χ4v) is 1.47. The number of halogens is 1. The molecule has 1 amide bonds. The third-order valence-corrected chi connectivity index (χ3v) is 2.59. The highest BCUT2D eigenvalue weighted by Crippen LogP contribution is 2.37. The Labute approximate surface area is 90.1 Å². The molecule has 1 fully saturated rings. The standard InChI is InChI=1S/C10H18ClNO2/c1-8-7-9(8)10(13)12-4-2-5-14-6-3-11/h8-9H,2-7H2,1H3,(H,12,13). The molecule has 2 unspecified atom stereocenters. The lowest BCUT2D eigenvalue weighted by Crippen LogP contribution is -2.27. The zero-order valence-corrected chi connectivity index (χ0v) is 9.35. The highest BCUT2D eigenvalue weighted by Gasteiger charge is 2.38. The van der Waals surface area contributed by atoms with Crippen molar-refractivity contribution in [3.63, 3.8) is 0 Å². The minimum Gasteiger partial charge on any atom is -0.380 e. The number of nitrogens with one attached hydrogen (secondary N) is 1. The first-order chi connectivity index (χ1) is 6.75.